The van der Waals surface area contributed by atoms with E-state index in [0.29, 0.717) is 0 Å². The van der Waals surface area contributed by atoms with Gasteiger partial charge in [-0.2, -0.15) is 10.2 Å². The number of carbonyl (C=O) groups is 1. The first kappa shape index (κ1) is 11.8. The van der Waals surface area contributed by atoms with Gasteiger partial charge in [0.2, 0.25) is 0 Å². The second-order valence-electron chi connectivity index (χ2n) is 3.73. The number of aromatic nitrogens is 2. The van der Waals surface area contributed by atoms with Crippen LogP contribution in [-0.2, 0) is 0 Å². The standard InChI is InChI=1S/C12H13N5O/c1-9-7-11(17-6-2-5-15-17)4-3-10(9)8-14-16-12(13)18/h2-8H,1H3,(H3,13,16,18). The topological polar surface area (TPSA) is 85.3 Å². The van der Waals surface area contributed by atoms with Gasteiger partial charge in [0.25, 0.3) is 0 Å². The maximum Gasteiger partial charge on any atom is 0.332 e. The Hall–Kier alpha value is -2.63. The van der Waals surface area contributed by atoms with Crippen LogP contribution in [0, 0.1) is 6.92 Å². The van der Waals surface area contributed by atoms with Gasteiger partial charge in [-0.05, 0) is 36.2 Å². The number of nitrogens with one attached hydrogen (secondary N) is 1. The van der Waals surface area contributed by atoms with Crippen molar-refractivity contribution in [1.82, 2.24) is 15.2 Å². The van der Waals surface area contributed by atoms with Crippen molar-refractivity contribution in [1.29, 1.82) is 0 Å². The van der Waals surface area contributed by atoms with Crippen LogP contribution in [0.1, 0.15) is 11.1 Å². The molecule has 2 aromatic rings. The molecule has 6 nitrogen and oxygen atoms in total. The quantitative estimate of drug-likeness (QED) is 0.626. The van der Waals surface area contributed by atoms with Crippen molar-refractivity contribution in [2.24, 2.45) is 10.8 Å². The second-order valence-corrected chi connectivity index (χ2v) is 3.73. The van der Waals surface area contributed by atoms with Crippen LogP contribution in [0.4, 0.5) is 4.79 Å². The third-order valence-corrected chi connectivity index (χ3v) is 2.40. The molecule has 0 fully saturated rings. The van der Waals surface area contributed by atoms with Gasteiger partial charge in [-0.25, -0.2) is 14.9 Å². The first-order valence-corrected chi connectivity index (χ1v) is 5.36. The summed E-state index contributed by atoms with van der Waals surface area (Å²) in [4.78, 5) is 10.5. The van der Waals surface area contributed by atoms with Gasteiger partial charge in [-0.3, -0.25) is 0 Å². The lowest BCUT2D eigenvalue weighted by molar-refractivity contribution is 0.249. The lowest BCUT2D eigenvalue weighted by atomic mass is 10.1. The minimum absolute atomic E-state index is 0.683. The summed E-state index contributed by atoms with van der Waals surface area (Å²) in [5.41, 5.74) is 9.96. The summed E-state index contributed by atoms with van der Waals surface area (Å²) in [6.45, 7) is 1.96. The van der Waals surface area contributed by atoms with E-state index in [-0.39, 0.29) is 0 Å². The fourth-order valence-electron chi connectivity index (χ4n) is 1.53. The summed E-state index contributed by atoms with van der Waals surface area (Å²) < 4.78 is 1.77. The fourth-order valence-corrected chi connectivity index (χ4v) is 1.53. The van der Waals surface area contributed by atoms with Gasteiger partial charge in [0.1, 0.15) is 0 Å². The summed E-state index contributed by atoms with van der Waals surface area (Å²) in [6, 6.07) is 6.99. The molecule has 2 amide bonds. The molecule has 6 heteroatoms. The number of hydrogen-bond acceptors (Lipinski definition) is 3. The summed E-state index contributed by atoms with van der Waals surface area (Å²) in [7, 11) is 0. The van der Waals surface area contributed by atoms with E-state index in [1.165, 1.54) is 0 Å². The Morgan fingerprint density at radius 3 is 3.00 bits per heavy atom. The van der Waals surface area contributed by atoms with Crippen molar-refractivity contribution in [2.75, 3.05) is 0 Å². The van der Waals surface area contributed by atoms with Crippen molar-refractivity contribution in [3.8, 4) is 5.69 Å². The van der Waals surface area contributed by atoms with Crippen LogP contribution in [0.25, 0.3) is 5.69 Å². The number of primary amides is 1. The monoisotopic (exact) mass is 243 g/mol. The highest BCUT2D eigenvalue weighted by Crippen LogP contribution is 2.12. The molecule has 1 aromatic heterocycles. The number of benzene rings is 1. The number of carbonyl (C=O) groups excluding carboxylic acids is 1. The van der Waals surface area contributed by atoms with Gasteiger partial charge in [-0.15, -0.1) is 0 Å². The van der Waals surface area contributed by atoms with Crippen LogP contribution < -0.4 is 11.2 Å². The molecule has 0 unspecified atom stereocenters. The Bertz CT molecular complexity index is 574. The van der Waals surface area contributed by atoms with Gasteiger partial charge >= 0.3 is 6.03 Å². The average Bonchev–Trinajstić information content (AvgIpc) is 2.84. The number of urea groups is 1. The van der Waals surface area contributed by atoms with Crippen molar-refractivity contribution < 1.29 is 4.79 Å². The van der Waals surface area contributed by atoms with E-state index in [9.17, 15) is 4.79 Å². The third-order valence-electron chi connectivity index (χ3n) is 2.40. The second kappa shape index (κ2) is 5.13. The SMILES string of the molecule is Cc1cc(-n2cccn2)ccc1C=NNC(N)=O. The molecule has 1 heterocycles. The Morgan fingerprint density at radius 1 is 1.56 bits per heavy atom. The predicted molar refractivity (Wildman–Crippen MR) is 68.6 cm³/mol. The molecule has 0 saturated carbocycles. The van der Waals surface area contributed by atoms with Gasteiger partial charge in [0.05, 0.1) is 11.9 Å². The molecule has 0 radical (unpaired) electrons. The van der Waals surface area contributed by atoms with Gasteiger partial charge in [0.15, 0.2) is 0 Å². The fraction of sp³-hybridized carbons (Fsp3) is 0.0833. The highest BCUT2D eigenvalue weighted by Gasteiger charge is 2.00. The molecule has 0 aliphatic carbocycles. The summed E-state index contributed by atoms with van der Waals surface area (Å²) in [5.74, 6) is 0. The van der Waals surface area contributed by atoms with Crippen LogP contribution in [0.15, 0.2) is 41.8 Å². The minimum atomic E-state index is -0.683. The lowest BCUT2D eigenvalue weighted by Crippen LogP contribution is -2.24. The van der Waals surface area contributed by atoms with Crippen LogP contribution >= 0.6 is 0 Å². The Kier molecular flexibility index (Phi) is 3.38. The highest BCUT2D eigenvalue weighted by atomic mass is 16.2. The predicted octanol–water partition coefficient (Wildman–Crippen LogP) is 1.18. The molecule has 2 rings (SSSR count). The number of hydrogen-bond donors (Lipinski definition) is 2. The molecule has 0 bridgehead atoms. The lowest BCUT2D eigenvalue weighted by Gasteiger charge is -2.05. The number of hydrazone groups is 1. The zero-order valence-corrected chi connectivity index (χ0v) is 9.87. The Labute approximate surface area is 104 Å². The van der Waals surface area contributed by atoms with Crippen molar-refractivity contribution in [3.05, 3.63) is 47.8 Å². The van der Waals surface area contributed by atoms with Crippen LogP contribution in [0.5, 0.6) is 0 Å². The van der Waals surface area contributed by atoms with E-state index >= 15 is 0 Å². The number of nitrogens with zero attached hydrogens (tertiary/aromatic N) is 3. The largest absolute Gasteiger partial charge is 0.350 e. The van der Waals surface area contributed by atoms with Crippen molar-refractivity contribution in [3.63, 3.8) is 0 Å². The van der Waals surface area contributed by atoms with E-state index in [1.54, 1.807) is 17.1 Å². The Balaban J connectivity index is 2.20. The molecule has 0 saturated heterocycles. The third kappa shape index (κ3) is 2.73. The van der Waals surface area contributed by atoms with Crippen LogP contribution in [0.2, 0.25) is 0 Å². The Morgan fingerprint density at radius 2 is 2.39 bits per heavy atom. The summed E-state index contributed by atoms with van der Waals surface area (Å²) >= 11 is 0. The molecule has 0 spiro atoms. The maximum absolute atomic E-state index is 10.5. The molecular weight excluding hydrogens is 230 g/mol. The molecule has 0 aliphatic heterocycles. The number of nitrogens with two attached hydrogens (primary N) is 1. The molecule has 92 valence electrons. The normalized spacial score (nSPS) is 10.7. The number of aryl methyl sites for hydroxylation is 1. The zero-order valence-electron chi connectivity index (χ0n) is 9.87. The molecule has 0 atom stereocenters. The summed E-state index contributed by atoms with van der Waals surface area (Å²) in [6.07, 6.45) is 5.14. The van der Waals surface area contributed by atoms with Crippen molar-refractivity contribution >= 4 is 12.2 Å². The molecular formula is C12H13N5O. The number of amides is 2. The average molecular weight is 243 g/mol. The van der Waals surface area contributed by atoms with E-state index in [0.717, 1.165) is 16.8 Å². The maximum atomic E-state index is 10.5. The van der Waals surface area contributed by atoms with Crippen LogP contribution in [-0.4, -0.2) is 22.0 Å². The van der Waals surface area contributed by atoms with E-state index in [2.05, 4.69) is 15.6 Å². The van der Waals surface area contributed by atoms with E-state index in [4.69, 9.17) is 5.73 Å². The smallest absolute Gasteiger partial charge is 0.332 e. The minimum Gasteiger partial charge on any atom is -0.350 e. The summed E-state index contributed by atoms with van der Waals surface area (Å²) in [5, 5.41) is 7.87. The van der Waals surface area contributed by atoms with Crippen molar-refractivity contribution in [2.45, 2.75) is 6.92 Å². The van der Waals surface area contributed by atoms with Gasteiger partial charge in [0, 0.05) is 12.4 Å². The first-order valence-electron chi connectivity index (χ1n) is 5.36. The number of rotatable bonds is 3. The molecule has 3 N–H and O–H groups in total. The highest BCUT2D eigenvalue weighted by molar-refractivity contribution is 5.83. The molecule has 18 heavy (non-hydrogen) atoms. The molecule has 0 aliphatic rings. The molecule has 1 aromatic carbocycles. The van der Waals surface area contributed by atoms with Gasteiger partial charge < -0.3 is 5.73 Å². The van der Waals surface area contributed by atoms with Crippen LogP contribution in [0.3, 0.4) is 0 Å². The van der Waals surface area contributed by atoms with E-state index in [1.807, 2.05) is 37.4 Å². The zero-order chi connectivity index (χ0) is 13.0. The van der Waals surface area contributed by atoms with Gasteiger partial charge in [-0.1, -0.05) is 6.07 Å². The van der Waals surface area contributed by atoms with E-state index < -0.39 is 6.03 Å². The first-order chi connectivity index (χ1) is 8.66.